The Morgan fingerprint density at radius 3 is 1.76 bits per heavy atom. The van der Waals surface area contributed by atoms with E-state index in [1.807, 2.05) is 0 Å². The molecule has 2 aliphatic carbocycles. The second kappa shape index (κ2) is 5.89. The molecule has 3 aromatic rings. The molecule has 5 rings (SSSR count). The van der Waals surface area contributed by atoms with Gasteiger partial charge in [-0.25, -0.2) is 0 Å². The van der Waals surface area contributed by atoms with E-state index in [0.717, 1.165) is 6.42 Å². The van der Waals surface area contributed by atoms with Crippen LogP contribution >= 0.6 is 0 Å². The second-order valence-electron chi connectivity index (χ2n) is 6.87. The fourth-order valence-corrected chi connectivity index (χ4v) is 4.27. The van der Waals surface area contributed by atoms with Crippen LogP contribution in [-0.4, -0.2) is 0 Å². The molecule has 0 amide bonds. The van der Waals surface area contributed by atoms with Gasteiger partial charge in [-0.3, -0.25) is 0 Å². The summed E-state index contributed by atoms with van der Waals surface area (Å²) in [5.41, 5.74) is 11.2. The van der Waals surface area contributed by atoms with E-state index in [1.54, 1.807) is 0 Å². The van der Waals surface area contributed by atoms with Gasteiger partial charge in [-0.2, -0.15) is 0 Å². The second-order valence-corrected chi connectivity index (χ2v) is 6.87. The minimum atomic E-state index is 1.15. The maximum atomic E-state index is 2.31. The Balaban J connectivity index is 1.89. The highest BCUT2D eigenvalue weighted by atomic mass is 14.3. The maximum Gasteiger partial charge on any atom is -0.00612 e. The van der Waals surface area contributed by atoms with Crippen LogP contribution in [0.3, 0.4) is 0 Å². The Bertz CT molecular complexity index is 966. The Labute approximate surface area is 149 Å². The zero-order chi connectivity index (χ0) is 16.6. The van der Waals surface area contributed by atoms with Crippen LogP contribution in [0.2, 0.25) is 0 Å². The van der Waals surface area contributed by atoms with Gasteiger partial charge in [0, 0.05) is 0 Å². The minimum absolute atomic E-state index is 1.15. The van der Waals surface area contributed by atoms with E-state index in [1.165, 1.54) is 57.4 Å². The third kappa shape index (κ3) is 2.37. The monoisotopic (exact) mass is 320 g/mol. The van der Waals surface area contributed by atoms with Gasteiger partial charge in [0.1, 0.15) is 0 Å². The molecule has 0 unspecified atom stereocenters. The molecule has 0 heteroatoms. The first-order valence-corrected chi connectivity index (χ1v) is 9.10. The van der Waals surface area contributed by atoms with Crippen LogP contribution in [0.1, 0.15) is 46.2 Å². The van der Waals surface area contributed by atoms with Gasteiger partial charge in [-0.15, -0.1) is 0 Å². The topological polar surface area (TPSA) is 0 Å². The van der Waals surface area contributed by atoms with Crippen LogP contribution in [0.15, 0.2) is 72.8 Å². The Kier molecular flexibility index (Phi) is 3.41. The number of rotatable bonds is 0. The SMILES string of the molecule is C1=Cc2ccccc2C(=C2CCCc3ccccc32)c2ccccc21. The predicted octanol–water partition coefficient (Wildman–Crippen LogP) is 6.47. The largest absolute Gasteiger partial charge is 0.0620 e. The first-order chi connectivity index (χ1) is 12.4. The molecule has 0 aliphatic heterocycles. The molecule has 2 aliphatic rings. The van der Waals surface area contributed by atoms with Crippen molar-refractivity contribution in [3.05, 3.63) is 106 Å². The van der Waals surface area contributed by atoms with Crippen LogP contribution in [0.25, 0.3) is 23.3 Å². The molecule has 0 nitrogen and oxygen atoms in total. The van der Waals surface area contributed by atoms with Gasteiger partial charge in [0.05, 0.1) is 0 Å². The lowest BCUT2D eigenvalue weighted by molar-refractivity contribution is 0.823. The average Bonchev–Trinajstić information content (AvgIpc) is 2.84. The van der Waals surface area contributed by atoms with Gasteiger partial charge >= 0.3 is 0 Å². The third-order valence-corrected chi connectivity index (χ3v) is 5.42. The summed E-state index contributed by atoms with van der Waals surface area (Å²) in [6, 6.07) is 26.6. The molecule has 0 saturated carbocycles. The van der Waals surface area contributed by atoms with Crippen molar-refractivity contribution in [2.45, 2.75) is 19.3 Å². The molecule has 25 heavy (non-hydrogen) atoms. The first-order valence-electron chi connectivity index (χ1n) is 9.10. The lowest BCUT2D eigenvalue weighted by Gasteiger charge is -2.24. The van der Waals surface area contributed by atoms with Gasteiger partial charge in [-0.1, -0.05) is 84.9 Å². The van der Waals surface area contributed by atoms with Crippen molar-refractivity contribution in [1.82, 2.24) is 0 Å². The predicted molar refractivity (Wildman–Crippen MR) is 107 cm³/mol. The van der Waals surface area contributed by atoms with E-state index in [-0.39, 0.29) is 0 Å². The molecular weight excluding hydrogens is 300 g/mol. The molecule has 0 N–H and O–H groups in total. The number of hydrogen-bond acceptors (Lipinski definition) is 0. The van der Waals surface area contributed by atoms with Crippen molar-refractivity contribution in [2.24, 2.45) is 0 Å². The Hall–Kier alpha value is -2.86. The van der Waals surface area contributed by atoms with E-state index >= 15 is 0 Å². The summed E-state index contributed by atoms with van der Waals surface area (Å²) in [6.07, 6.45) is 8.09. The average molecular weight is 320 g/mol. The van der Waals surface area contributed by atoms with E-state index in [9.17, 15) is 0 Å². The Morgan fingerprint density at radius 2 is 1.08 bits per heavy atom. The highest BCUT2D eigenvalue weighted by Crippen LogP contribution is 2.43. The van der Waals surface area contributed by atoms with Gasteiger partial charge in [-0.05, 0) is 63.8 Å². The van der Waals surface area contributed by atoms with Crippen molar-refractivity contribution >= 4 is 23.3 Å². The number of fused-ring (bicyclic) bond motifs is 3. The first kappa shape index (κ1) is 14.5. The molecule has 0 bridgehead atoms. The summed E-state index contributed by atoms with van der Waals surface area (Å²) >= 11 is 0. The summed E-state index contributed by atoms with van der Waals surface area (Å²) in [4.78, 5) is 0. The van der Waals surface area contributed by atoms with Crippen molar-refractivity contribution < 1.29 is 0 Å². The molecular formula is C25H20. The summed E-state index contributed by atoms with van der Waals surface area (Å²) in [5, 5.41) is 0. The molecule has 0 aromatic heterocycles. The highest BCUT2D eigenvalue weighted by molar-refractivity contribution is 6.05. The zero-order valence-electron chi connectivity index (χ0n) is 14.2. The number of benzene rings is 3. The lowest BCUT2D eigenvalue weighted by Crippen LogP contribution is -2.05. The number of aryl methyl sites for hydroxylation is 1. The fraction of sp³-hybridized carbons (Fsp3) is 0.120. The van der Waals surface area contributed by atoms with Crippen LogP contribution in [-0.2, 0) is 6.42 Å². The van der Waals surface area contributed by atoms with Crippen LogP contribution < -0.4 is 0 Å². The maximum absolute atomic E-state index is 2.31. The van der Waals surface area contributed by atoms with E-state index in [4.69, 9.17) is 0 Å². The van der Waals surface area contributed by atoms with Crippen LogP contribution in [0.4, 0.5) is 0 Å². The molecule has 3 aromatic carbocycles. The molecule has 0 saturated heterocycles. The number of allylic oxidation sites excluding steroid dienone is 1. The highest BCUT2D eigenvalue weighted by Gasteiger charge is 2.22. The Morgan fingerprint density at radius 1 is 0.520 bits per heavy atom. The van der Waals surface area contributed by atoms with Crippen LogP contribution in [0, 0.1) is 0 Å². The summed E-state index contributed by atoms with van der Waals surface area (Å²) in [7, 11) is 0. The molecule has 0 atom stereocenters. The fourth-order valence-electron chi connectivity index (χ4n) is 4.27. The van der Waals surface area contributed by atoms with Gasteiger partial charge in [0.15, 0.2) is 0 Å². The smallest absolute Gasteiger partial charge is 0.00612 e. The molecule has 0 spiro atoms. The summed E-state index contributed by atoms with van der Waals surface area (Å²) < 4.78 is 0. The lowest BCUT2D eigenvalue weighted by atomic mass is 9.80. The van der Waals surface area contributed by atoms with Crippen molar-refractivity contribution in [2.75, 3.05) is 0 Å². The van der Waals surface area contributed by atoms with E-state index < -0.39 is 0 Å². The standard InChI is InChI=1S/C25H20/c1-4-12-21-18(8-1)11-7-15-24(21)25-22-13-5-2-9-19(22)16-17-20-10-3-6-14-23(20)25/h1-6,8-10,12-14,16-17H,7,11,15H2. The molecule has 120 valence electrons. The molecule has 0 heterocycles. The van der Waals surface area contributed by atoms with Crippen molar-refractivity contribution in [1.29, 1.82) is 0 Å². The molecule has 0 radical (unpaired) electrons. The van der Waals surface area contributed by atoms with Gasteiger partial charge in [0.2, 0.25) is 0 Å². The molecule has 0 fully saturated rings. The summed E-state index contributed by atoms with van der Waals surface area (Å²) in [5.74, 6) is 0. The number of hydrogen-bond donors (Lipinski definition) is 0. The quantitative estimate of drug-likeness (QED) is 0.348. The van der Waals surface area contributed by atoms with Gasteiger partial charge in [0.25, 0.3) is 0 Å². The van der Waals surface area contributed by atoms with E-state index in [0.29, 0.717) is 0 Å². The van der Waals surface area contributed by atoms with Crippen molar-refractivity contribution in [3.63, 3.8) is 0 Å². The van der Waals surface area contributed by atoms with Crippen LogP contribution in [0.5, 0.6) is 0 Å². The minimum Gasteiger partial charge on any atom is -0.0620 e. The zero-order valence-corrected chi connectivity index (χ0v) is 14.2. The summed E-state index contributed by atoms with van der Waals surface area (Å²) in [6.45, 7) is 0. The van der Waals surface area contributed by atoms with E-state index in [2.05, 4.69) is 84.9 Å². The van der Waals surface area contributed by atoms with Gasteiger partial charge < -0.3 is 0 Å². The van der Waals surface area contributed by atoms with Crippen molar-refractivity contribution in [3.8, 4) is 0 Å². The normalized spacial score (nSPS) is 15.2. The third-order valence-electron chi connectivity index (χ3n) is 5.42.